The van der Waals surface area contributed by atoms with E-state index in [0.717, 1.165) is 21.6 Å². The van der Waals surface area contributed by atoms with Crippen molar-refractivity contribution in [1.29, 1.82) is 0 Å². The number of anilines is 1. The number of benzene rings is 1. The molecule has 1 aromatic carbocycles. The molecule has 0 saturated heterocycles. The molecule has 0 aliphatic carbocycles. The molecule has 0 aliphatic heterocycles. The summed E-state index contributed by atoms with van der Waals surface area (Å²) in [5, 5.41) is 7.80. The number of carbonyl (C=O) groups excluding carboxylic acids is 1. The van der Waals surface area contributed by atoms with Gasteiger partial charge in [-0.1, -0.05) is 12.1 Å². The monoisotopic (exact) mass is 324 g/mol. The lowest BCUT2D eigenvalue weighted by atomic mass is 10.2. The molecule has 1 amide bonds. The first-order valence-corrected chi connectivity index (χ1v) is 7.15. The summed E-state index contributed by atoms with van der Waals surface area (Å²) in [4.78, 5) is 12.0. The van der Waals surface area contributed by atoms with Gasteiger partial charge in [0.1, 0.15) is 0 Å². The Morgan fingerprint density at radius 1 is 1.39 bits per heavy atom. The third-order valence-electron chi connectivity index (χ3n) is 2.40. The second kappa shape index (κ2) is 6.13. The fourth-order valence-electron chi connectivity index (χ4n) is 1.60. The maximum Gasteiger partial charge on any atom is 0.256 e. The number of rotatable bonds is 4. The summed E-state index contributed by atoms with van der Waals surface area (Å²) in [5.41, 5.74) is 2.63. The van der Waals surface area contributed by atoms with E-state index < -0.39 is 0 Å². The lowest BCUT2D eigenvalue weighted by molar-refractivity contribution is 0.102. The van der Waals surface area contributed by atoms with E-state index in [1.165, 1.54) is 11.3 Å². The normalized spacial score (nSPS) is 10.3. The molecule has 5 heteroatoms. The molecule has 1 heterocycles. The van der Waals surface area contributed by atoms with Crippen LogP contribution < -0.4 is 10.6 Å². The molecule has 2 N–H and O–H groups in total. The van der Waals surface area contributed by atoms with Gasteiger partial charge in [0.2, 0.25) is 0 Å². The Hall–Kier alpha value is -1.17. The molecule has 0 atom stereocenters. The summed E-state index contributed by atoms with van der Waals surface area (Å²) in [5.74, 6) is -0.0847. The maximum absolute atomic E-state index is 12.0. The second-order valence-corrected chi connectivity index (χ2v) is 6.11. The molecule has 94 valence electrons. The fourth-order valence-corrected chi connectivity index (χ4v) is 2.73. The van der Waals surface area contributed by atoms with Crippen molar-refractivity contribution in [1.82, 2.24) is 5.32 Å². The van der Waals surface area contributed by atoms with E-state index >= 15 is 0 Å². The van der Waals surface area contributed by atoms with E-state index in [1.807, 2.05) is 42.8 Å². The zero-order valence-corrected chi connectivity index (χ0v) is 12.3. The van der Waals surface area contributed by atoms with Crippen molar-refractivity contribution in [3.05, 3.63) is 50.6 Å². The van der Waals surface area contributed by atoms with Crippen LogP contribution in [0.1, 0.15) is 15.9 Å². The van der Waals surface area contributed by atoms with Gasteiger partial charge < -0.3 is 10.6 Å². The molecular formula is C13H13BrN2OS. The summed E-state index contributed by atoms with van der Waals surface area (Å²) in [6, 6.07) is 9.63. The van der Waals surface area contributed by atoms with Crippen LogP contribution >= 0.6 is 27.3 Å². The van der Waals surface area contributed by atoms with Gasteiger partial charge in [0.15, 0.2) is 0 Å². The highest BCUT2D eigenvalue weighted by molar-refractivity contribution is 9.11. The molecule has 0 unspecified atom stereocenters. The van der Waals surface area contributed by atoms with E-state index in [9.17, 15) is 4.79 Å². The number of thiophene rings is 1. The smallest absolute Gasteiger partial charge is 0.256 e. The molecule has 0 spiro atoms. The van der Waals surface area contributed by atoms with E-state index in [2.05, 4.69) is 26.6 Å². The number of nitrogens with one attached hydrogen (secondary N) is 2. The van der Waals surface area contributed by atoms with Crippen LogP contribution in [0, 0.1) is 0 Å². The third-order valence-corrected chi connectivity index (χ3v) is 3.90. The van der Waals surface area contributed by atoms with Gasteiger partial charge in [0.25, 0.3) is 5.91 Å². The Balaban J connectivity index is 2.09. The Kier molecular flexibility index (Phi) is 4.52. The molecule has 2 rings (SSSR count). The molecule has 1 aromatic heterocycles. The Labute approximate surface area is 118 Å². The van der Waals surface area contributed by atoms with E-state index in [4.69, 9.17) is 0 Å². The van der Waals surface area contributed by atoms with Crippen LogP contribution in [0.25, 0.3) is 0 Å². The minimum atomic E-state index is -0.0847. The van der Waals surface area contributed by atoms with E-state index in [1.54, 1.807) is 0 Å². The predicted molar refractivity (Wildman–Crippen MR) is 79.2 cm³/mol. The average Bonchev–Trinajstić information content (AvgIpc) is 2.77. The second-order valence-electron chi connectivity index (χ2n) is 3.82. The van der Waals surface area contributed by atoms with E-state index in [-0.39, 0.29) is 5.91 Å². The molecule has 0 bridgehead atoms. The molecule has 0 fully saturated rings. The van der Waals surface area contributed by atoms with Gasteiger partial charge in [-0.15, -0.1) is 11.3 Å². The fraction of sp³-hybridized carbons (Fsp3) is 0.154. The Morgan fingerprint density at radius 2 is 2.22 bits per heavy atom. The number of halogens is 1. The van der Waals surface area contributed by atoms with Crippen molar-refractivity contribution in [3.63, 3.8) is 0 Å². The Morgan fingerprint density at radius 3 is 2.89 bits per heavy atom. The average molecular weight is 325 g/mol. The molecule has 0 aliphatic rings. The van der Waals surface area contributed by atoms with Crippen LogP contribution in [0.3, 0.4) is 0 Å². The van der Waals surface area contributed by atoms with Crippen LogP contribution in [0.5, 0.6) is 0 Å². The highest BCUT2D eigenvalue weighted by atomic mass is 79.9. The van der Waals surface area contributed by atoms with Gasteiger partial charge in [-0.2, -0.15) is 0 Å². The largest absolute Gasteiger partial charge is 0.322 e. The molecule has 2 aromatic rings. The minimum Gasteiger partial charge on any atom is -0.322 e. The summed E-state index contributed by atoms with van der Waals surface area (Å²) < 4.78 is 0.955. The summed E-state index contributed by atoms with van der Waals surface area (Å²) in [6.07, 6.45) is 0. The SMILES string of the molecule is CNCc1cccc(NC(=O)c2csc(Br)c2)c1. The van der Waals surface area contributed by atoms with Gasteiger partial charge in [-0.05, 0) is 46.7 Å². The van der Waals surface area contributed by atoms with Crippen LogP contribution in [0.4, 0.5) is 5.69 Å². The maximum atomic E-state index is 12.0. The van der Waals surface area contributed by atoms with Gasteiger partial charge in [0.05, 0.1) is 9.35 Å². The van der Waals surface area contributed by atoms with Crippen molar-refractivity contribution >= 4 is 38.9 Å². The molecular weight excluding hydrogens is 312 g/mol. The highest BCUT2D eigenvalue weighted by Gasteiger charge is 2.08. The summed E-state index contributed by atoms with van der Waals surface area (Å²) >= 11 is 4.85. The first-order valence-electron chi connectivity index (χ1n) is 5.48. The third kappa shape index (κ3) is 3.41. The zero-order chi connectivity index (χ0) is 13.0. The summed E-state index contributed by atoms with van der Waals surface area (Å²) in [7, 11) is 1.90. The standard InChI is InChI=1S/C13H13BrN2OS/c1-15-7-9-3-2-4-11(5-9)16-13(17)10-6-12(14)18-8-10/h2-6,8,15H,7H2,1H3,(H,16,17). The van der Waals surface area contributed by atoms with Gasteiger partial charge in [-0.25, -0.2) is 0 Å². The van der Waals surface area contributed by atoms with Crippen LogP contribution in [-0.4, -0.2) is 13.0 Å². The quantitative estimate of drug-likeness (QED) is 0.904. The molecule has 18 heavy (non-hydrogen) atoms. The molecule has 0 radical (unpaired) electrons. The van der Waals surface area contributed by atoms with Crippen molar-refractivity contribution < 1.29 is 4.79 Å². The van der Waals surface area contributed by atoms with Crippen molar-refractivity contribution in [2.24, 2.45) is 0 Å². The lowest BCUT2D eigenvalue weighted by Gasteiger charge is -2.06. The zero-order valence-electron chi connectivity index (χ0n) is 9.87. The minimum absolute atomic E-state index is 0.0847. The first-order chi connectivity index (χ1) is 8.69. The van der Waals surface area contributed by atoms with Gasteiger partial charge in [0, 0.05) is 17.6 Å². The Bertz CT molecular complexity index is 553. The van der Waals surface area contributed by atoms with Crippen LogP contribution in [-0.2, 0) is 6.54 Å². The number of hydrogen-bond acceptors (Lipinski definition) is 3. The number of carbonyl (C=O) groups is 1. The van der Waals surface area contributed by atoms with Crippen molar-refractivity contribution in [2.75, 3.05) is 12.4 Å². The van der Waals surface area contributed by atoms with Crippen LogP contribution in [0.2, 0.25) is 0 Å². The van der Waals surface area contributed by atoms with Gasteiger partial charge >= 0.3 is 0 Å². The summed E-state index contributed by atoms with van der Waals surface area (Å²) in [6.45, 7) is 0.785. The molecule has 0 saturated carbocycles. The highest BCUT2D eigenvalue weighted by Crippen LogP contribution is 2.21. The van der Waals surface area contributed by atoms with Crippen LogP contribution in [0.15, 0.2) is 39.5 Å². The number of amides is 1. The number of hydrogen-bond donors (Lipinski definition) is 2. The lowest BCUT2D eigenvalue weighted by Crippen LogP contribution is -2.11. The predicted octanol–water partition coefficient (Wildman–Crippen LogP) is 3.48. The first kappa shape index (κ1) is 13.3. The van der Waals surface area contributed by atoms with E-state index in [0.29, 0.717) is 5.56 Å². The topological polar surface area (TPSA) is 41.1 Å². The van der Waals surface area contributed by atoms with Crippen molar-refractivity contribution in [3.8, 4) is 0 Å². The van der Waals surface area contributed by atoms with Gasteiger partial charge in [-0.3, -0.25) is 4.79 Å². The molecule has 3 nitrogen and oxygen atoms in total. The van der Waals surface area contributed by atoms with Crippen molar-refractivity contribution in [2.45, 2.75) is 6.54 Å².